The van der Waals surface area contributed by atoms with Gasteiger partial charge in [0.15, 0.2) is 11.5 Å². The number of allylic oxidation sites excluding steroid dienone is 1. The summed E-state index contributed by atoms with van der Waals surface area (Å²) >= 11 is 13.6. The third-order valence-corrected chi connectivity index (χ3v) is 6.79. The molecule has 0 fully saturated rings. The summed E-state index contributed by atoms with van der Waals surface area (Å²) in [5, 5.41) is 9.33. The van der Waals surface area contributed by atoms with Gasteiger partial charge in [0.1, 0.15) is 12.6 Å². The van der Waals surface area contributed by atoms with E-state index >= 15 is 0 Å². The molecule has 0 saturated carbocycles. The molecule has 0 saturated heterocycles. The van der Waals surface area contributed by atoms with Crippen molar-refractivity contribution >= 4 is 46.8 Å². The molecule has 184 valence electrons. The van der Waals surface area contributed by atoms with Gasteiger partial charge >= 0.3 is 0 Å². The number of hydrogen-bond acceptors (Lipinski definition) is 7. The van der Waals surface area contributed by atoms with Gasteiger partial charge in [0, 0.05) is 5.70 Å². The fourth-order valence-corrected chi connectivity index (χ4v) is 4.70. The quantitative estimate of drug-likeness (QED) is 0.352. The molecular weight excluding hydrogens is 509 g/mol. The van der Waals surface area contributed by atoms with Crippen molar-refractivity contribution < 1.29 is 14.3 Å². The lowest BCUT2D eigenvalue weighted by Gasteiger charge is -2.28. The maximum atomic E-state index is 12.5. The van der Waals surface area contributed by atoms with Crippen molar-refractivity contribution in [2.24, 2.45) is 5.73 Å². The van der Waals surface area contributed by atoms with Crippen molar-refractivity contribution in [1.82, 2.24) is 14.8 Å². The molecule has 1 amide bonds. The molecule has 1 atom stereocenters. The van der Waals surface area contributed by atoms with Crippen molar-refractivity contribution in [3.63, 3.8) is 0 Å². The lowest BCUT2D eigenvalue weighted by Crippen LogP contribution is -2.31. The average molecular weight is 534 g/mol. The zero-order valence-electron chi connectivity index (χ0n) is 19.5. The second kappa shape index (κ2) is 10.8. The van der Waals surface area contributed by atoms with E-state index in [2.05, 4.69) is 15.4 Å². The summed E-state index contributed by atoms with van der Waals surface area (Å²) in [5.41, 5.74) is 8.46. The summed E-state index contributed by atoms with van der Waals surface area (Å²) < 4.78 is 13.6. The van der Waals surface area contributed by atoms with Gasteiger partial charge in [0.2, 0.25) is 17.0 Å². The molecule has 3 N–H and O–H groups in total. The molecule has 0 bridgehead atoms. The van der Waals surface area contributed by atoms with E-state index in [9.17, 15) is 4.79 Å². The van der Waals surface area contributed by atoms with Gasteiger partial charge in [-0.25, -0.2) is 4.68 Å². The zero-order chi connectivity index (χ0) is 25.1. The minimum absolute atomic E-state index is 0.278. The van der Waals surface area contributed by atoms with Gasteiger partial charge in [0.25, 0.3) is 0 Å². The van der Waals surface area contributed by atoms with Gasteiger partial charge in [-0.1, -0.05) is 54.0 Å². The highest BCUT2D eigenvalue weighted by Gasteiger charge is 2.34. The normalized spacial score (nSPS) is 14.9. The number of carbonyl (C=O) groups is 1. The summed E-state index contributed by atoms with van der Waals surface area (Å²) in [6, 6.07) is 10.3. The number of hydrogen-bond donors (Lipinski definition) is 2. The first-order valence-corrected chi connectivity index (χ1v) is 12.8. The number of halogens is 2. The number of fused-ring (bicyclic) bond motifs is 1. The minimum Gasteiger partial charge on any atom is -0.490 e. The average Bonchev–Trinajstić information content (AvgIpc) is 3.21. The highest BCUT2D eigenvalue weighted by molar-refractivity contribution is 7.99. The van der Waals surface area contributed by atoms with Gasteiger partial charge in [-0.05, 0) is 55.0 Å². The number of nitrogens with zero attached hydrogens (tertiary/aromatic N) is 3. The number of primary amides is 1. The van der Waals surface area contributed by atoms with Crippen molar-refractivity contribution in [3.05, 3.63) is 68.8 Å². The lowest BCUT2D eigenvalue weighted by atomic mass is 9.95. The lowest BCUT2D eigenvalue weighted by molar-refractivity contribution is -0.115. The van der Waals surface area contributed by atoms with E-state index in [0.29, 0.717) is 50.5 Å². The van der Waals surface area contributed by atoms with Crippen LogP contribution in [0.1, 0.15) is 37.9 Å². The molecular formula is C24H25Cl2N5O3S. The second-order valence-electron chi connectivity index (χ2n) is 7.70. The zero-order valence-corrected chi connectivity index (χ0v) is 21.8. The van der Waals surface area contributed by atoms with Gasteiger partial charge in [0.05, 0.1) is 22.2 Å². The molecule has 2 heterocycles. The molecule has 11 heteroatoms. The Balaban J connectivity index is 1.70. The van der Waals surface area contributed by atoms with Crippen LogP contribution >= 0.6 is 35.0 Å². The van der Waals surface area contributed by atoms with Crippen LogP contribution in [0.3, 0.4) is 0 Å². The van der Waals surface area contributed by atoms with Gasteiger partial charge in [-0.2, -0.15) is 4.98 Å². The van der Waals surface area contributed by atoms with Crippen LogP contribution in [0.5, 0.6) is 11.5 Å². The molecule has 1 unspecified atom stereocenters. The van der Waals surface area contributed by atoms with E-state index in [-0.39, 0.29) is 6.61 Å². The van der Waals surface area contributed by atoms with E-state index in [0.717, 1.165) is 16.9 Å². The Morgan fingerprint density at radius 2 is 1.94 bits per heavy atom. The van der Waals surface area contributed by atoms with Gasteiger partial charge in [-0.15, -0.1) is 5.10 Å². The largest absolute Gasteiger partial charge is 0.490 e. The Morgan fingerprint density at radius 3 is 2.63 bits per heavy atom. The smallest absolute Gasteiger partial charge is 0.248 e. The van der Waals surface area contributed by atoms with Crippen LogP contribution in [-0.4, -0.2) is 33.0 Å². The summed E-state index contributed by atoms with van der Waals surface area (Å²) in [7, 11) is 0. The van der Waals surface area contributed by atoms with Crippen molar-refractivity contribution in [2.75, 3.05) is 17.7 Å². The Hall–Kier alpha value is -2.88. The molecule has 1 aliphatic heterocycles. The van der Waals surface area contributed by atoms with E-state index < -0.39 is 11.9 Å². The van der Waals surface area contributed by atoms with Crippen LogP contribution in [0.15, 0.2) is 52.8 Å². The number of ether oxygens (including phenoxy) is 2. The number of nitrogens with one attached hydrogen (secondary N) is 1. The Kier molecular flexibility index (Phi) is 7.78. The number of thioether (sulfide) groups is 1. The molecule has 2 aromatic carbocycles. The highest BCUT2D eigenvalue weighted by atomic mass is 35.5. The van der Waals surface area contributed by atoms with Gasteiger partial charge < -0.3 is 20.5 Å². The minimum atomic E-state index is -0.564. The molecule has 0 radical (unpaired) electrons. The third kappa shape index (κ3) is 5.37. The third-order valence-electron chi connectivity index (χ3n) is 5.33. The number of carbonyl (C=O) groups excluding carboxylic acids is 1. The van der Waals surface area contributed by atoms with Crippen LogP contribution in [0.4, 0.5) is 5.95 Å². The first-order chi connectivity index (χ1) is 16.8. The van der Waals surface area contributed by atoms with Crippen molar-refractivity contribution in [3.8, 4) is 11.5 Å². The monoisotopic (exact) mass is 533 g/mol. The SMILES string of the molecule is CCOc1cc(C2C(C(N)=O)=C(C)Nc3nc(SCC)nn32)ccc1OCc1ccc(Cl)c(Cl)c1. The van der Waals surface area contributed by atoms with Crippen LogP contribution in [0.25, 0.3) is 0 Å². The molecule has 35 heavy (non-hydrogen) atoms. The fraction of sp³-hybridized carbons (Fsp3) is 0.292. The maximum absolute atomic E-state index is 12.5. The van der Waals surface area contributed by atoms with Crippen LogP contribution in [-0.2, 0) is 11.4 Å². The number of benzene rings is 2. The highest BCUT2D eigenvalue weighted by Crippen LogP contribution is 2.39. The molecule has 4 rings (SSSR count). The Morgan fingerprint density at radius 1 is 1.14 bits per heavy atom. The molecule has 1 aliphatic rings. The molecule has 0 aliphatic carbocycles. The summed E-state index contributed by atoms with van der Waals surface area (Å²) in [6.07, 6.45) is 0. The standard InChI is InChI=1S/C24H25Cl2N5O3S/c1-4-33-19-11-15(7-9-18(19)34-12-14-6-8-16(25)17(26)10-14)21-20(22(27)32)13(3)28-23-29-24(35-5-2)30-31(21)23/h6-11,21H,4-5,12H2,1-3H3,(H2,27,32)(H,28,29,30). The Bertz CT molecular complexity index is 1290. The van der Waals surface area contributed by atoms with E-state index in [1.54, 1.807) is 23.7 Å². The number of amides is 1. The number of rotatable bonds is 9. The van der Waals surface area contributed by atoms with Crippen LogP contribution in [0.2, 0.25) is 10.0 Å². The molecule has 3 aromatic rings. The number of aromatic nitrogens is 3. The first kappa shape index (κ1) is 25.2. The van der Waals surface area contributed by atoms with Crippen molar-refractivity contribution in [1.29, 1.82) is 0 Å². The molecule has 1 aromatic heterocycles. The topological polar surface area (TPSA) is 104 Å². The van der Waals surface area contributed by atoms with E-state index in [1.807, 2.05) is 38.1 Å². The Labute approximate surface area is 217 Å². The molecule has 0 spiro atoms. The van der Waals surface area contributed by atoms with Crippen molar-refractivity contribution in [2.45, 2.75) is 38.6 Å². The maximum Gasteiger partial charge on any atom is 0.248 e. The predicted molar refractivity (Wildman–Crippen MR) is 138 cm³/mol. The molecule has 8 nitrogen and oxygen atoms in total. The number of nitrogens with two attached hydrogens (primary N) is 1. The predicted octanol–water partition coefficient (Wildman–Crippen LogP) is 5.45. The number of anilines is 1. The van der Waals surface area contributed by atoms with Crippen LogP contribution < -0.4 is 20.5 Å². The first-order valence-electron chi connectivity index (χ1n) is 11.0. The summed E-state index contributed by atoms with van der Waals surface area (Å²) in [6.45, 7) is 6.43. The van der Waals surface area contributed by atoms with Gasteiger partial charge in [-0.3, -0.25) is 4.79 Å². The van der Waals surface area contributed by atoms with Crippen LogP contribution in [0, 0.1) is 0 Å². The van der Waals surface area contributed by atoms with E-state index in [4.69, 9.17) is 38.4 Å². The second-order valence-corrected chi connectivity index (χ2v) is 9.75. The van der Waals surface area contributed by atoms with E-state index in [1.165, 1.54) is 11.8 Å². The fourth-order valence-electron chi connectivity index (χ4n) is 3.82. The summed E-state index contributed by atoms with van der Waals surface area (Å²) in [4.78, 5) is 17.0. The summed E-state index contributed by atoms with van der Waals surface area (Å²) in [5.74, 6) is 1.92.